The summed E-state index contributed by atoms with van der Waals surface area (Å²) in [7, 11) is 0. The molecule has 3 aromatic carbocycles. The summed E-state index contributed by atoms with van der Waals surface area (Å²) in [4.78, 5) is 23.2. The van der Waals surface area contributed by atoms with Gasteiger partial charge in [-0.1, -0.05) is 54.2 Å². The average Bonchev–Trinajstić information content (AvgIpc) is 3.47. The van der Waals surface area contributed by atoms with Gasteiger partial charge >= 0.3 is 12.4 Å². The molecule has 4 aromatic rings. The number of hydrogen-bond acceptors (Lipinski definition) is 5. The number of anilines is 1. The molecule has 0 spiro atoms. The Hall–Kier alpha value is -4.39. The number of alkyl halides is 4. The van der Waals surface area contributed by atoms with Gasteiger partial charge in [-0.2, -0.15) is 4.99 Å². The lowest BCUT2D eigenvalue weighted by atomic mass is 10.1. The Morgan fingerprint density at radius 1 is 1.07 bits per heavy atom. The van der Waals surface area contributed by atoms with Gasteiger partial charge in [-0.3, -0.25) is 0 Å². The fourth-order valence-corrected chi connectivity index (χ4v) is 5.62. The first-order valence-corrected chi connectivity index (χ1v) is 14.4. The number of para-hydroxylation sites is 1. The number of amides is 2. The molecule has 1 atom stereocenters. The maximum Gasteiger partial charge on any atom is 0.573 e. The Morgan fingerprint density at radius 3 is 2.44 bits per heavy atom. The van der Waals surface area contributed by atoms with Crippen LogP contribution < -0.4 is 15.0 Å². The van der Waals surface area contributed by atoms with E-state index in [4.69, 9.17) is 0 Å². The average molecular weight is 613 g/mol. The normalized spacial score (nSPS) is 15.4. The van der Waals surface area contributed by atoms with Gasteiger partial charge in [0.05, 0.1) is 12.2 Å². The highest BCUT2D eigenvalue weighted by atomic mass is 32.2. The highest BCUT2D eigenvalue weighted by Crippen LogP contribution is 2.31. The van der Waals surface area contributed by atoms with E-state index in [9.17, 15) is 18.0 Å². The number of nitrogens with zero attached hydrogens (tertiary/aromatic N) is 5. The molecule has 2 heterocycles. The molecule has 1 aliphatic rings. The number of aliphatic imine (C=N–C) groups is 1. The molecule has 1 unspecified atom stereocenters. The molecule has 0 radical (unpaired) electrons. The first kappa shape index (κ1) is 30.1. The van der Waals surface area contributed by atoms with Crippen LogP contribution >= 0.6 is 11.8 Å². The van der Waals surface area contributed by atoms with Gasteiger partial charge in [0, 0.05) is 23.5 Å². The minimum Gasteiger partial charge on any atom is -0.406 e. The molecule has 0 bridgehead atoms. The number of urea groups is 1. The Bertz CT molecular complexity index is 1590. The zero-order valence-corrected chi connectivity index (χ0v) is 24.1. The van der Waals surface area contributed by atoms with Gasteiger partial charge in [0.2, 0.25) is 0 Å². The number of aromatic nitrogens is 3. The van der Waals surface area contributed by atoms with Crippen molar-refractivity contribution in [3.05, 3.63) is 89.7 Å². The maximum atomic E-state index is 15.0. The van der Waals surface area contributed by atoms with E-state index in [2.05, 4.69) is 30.0 Å². The number of ether oxygens (including phenoxy) is 1. The Morgan fingerprint density at radius 2 is 1.77 bits per heavy atom. The number of thioether (sulfide) groups is 1. The smallest absolute Gasteiger partial charge is 0.406 e. The largest absolute Gasteiger partial charge is 0.573 e. The van der Waals surface area contributed by atoms with Crippen LogP contribution in [0.4, 0.5) is 28.0 Å². The summed E-state index contributed by atoms with van der Waals surface area (Å²) in [6.07, 6.45) is -3.85. The highest BCUT2D eigenvalue weighted by Gasteiger charge is 2.31. The molecular weight excluding hydrogens is 584 g/mol. The quantitative estimate of drug-likeness (QED) is 0.223. The van der Waals surface area contributed by atoms with Crippen LogP contribution in [-0.4, -0.2) is 51.2 Å². The molecular formula is C30H28F4N6O2S. The standard InChI is InChI=1S/C30H28F4N6O2S/c1-19-5-3-6-20(2)26(19)39-15-4-16-43-29(39)37-28(41)35-17-25(31)21-7-9-22(10-8-21)27-36-18-40(38-27)23-11-13-24(14-12-23)42-30(32,33)34/h3,5-14,18,25H,4,15-17H2,1-2H3,(H,35,41)/b37-29-. The van der Waals surface area contributed by atoms with Gasteiger partial charge in [0.15, 0.2) is 11.0 Å². The van der Waals surface area contributed by atoms with Gasteiger partial charge in [-0.15, -0.1) is 18.3 Å². The first-order valence-electron chi connectivity index (χ1n) is 13.4. The zero-order chi connectivity index (χ0) is 30.6. The third kappa shape index (κ3) is 7.53. The van der Waals surface area contributed by atoms with E-state index < -0.39 is 18.6 Å². The van der Waals surface area contributed by atoms with Crippen LogP contribution in [0.5, 0.6) is 5.75 Å². The molecule has 1 aromatic heterocycles. The molecule has 8 nitrogen and oxygen atoms in total. The van der Waals surface area contributed by atoms with Gasteiger partial charge in [0.25, 0.3) is 0 Å². The van der Waals surface area contributed by atoms with E-state index in [0.717, 1.165) is 35.5 Å². The first-order chi connectivity index (χ1) is 20.6. The van der Waals surface area contributed by atoms with E-state index in [0.29, 0.717) is 27.8 Å². The van der Waals surface area contributed by atoms with E-state index >= 15 is 4.39 Å². The van der Waals surface area contributed by atoms with Crippen molar-refractivity contribution in [2.45, 2.75) is 32.8 Å². The van der Waals surface area contributed by atoms with Gasteiger partial charge in [0.1, 0.15) is 18.2 Å². The van der Waals surface area contributed by atoms with Crippen molar-refractivity contribution in [2.75, 3.05) is 23.7 Å². The molecule has 5 rings (SSSR count). The number of nitrogens with one attached hydrogen (secondary N) is 1. The number of carbonyl (C=O) groups excluding carboxylic acids is 1. The van der Waals surface area contributed by atoms with Gasteiger partial charge < -0.3 is 15.0 Å². The van der Waals surface area contributed by atoms with Crippen LogP contribution in [0.1, 0.15) is 29.3 Å². The molecule has 13 heteroatoms. The number of benzene rings is 3. The lowest BCUT2D eigenvalue weighted by molar-refractivity contribution is -0.274. The summed E-state index contributed by atoms with van der Waals surface area (Å²) in [6.45, 7) is 4.56. The van der Waals surface area contributed by atoms with E-state index in [1.54, 1.807) is 24.3 Å². The molecule has 224 valence electrons. The van der Waals surface area contributed by atoms with Crippen molar-refractivity contribution < 1.29 is 27.1 Å². The molecule has 1 saturated heterocycles. The summed E-state index contributed by atoms with van der Waals surface area (Å²) < 4.78 is 57.5. The third-order valence-corrected chi connectivity index (χ3v) is 7.75. The number of carbonyl (C=O) groups is 1. The Balaban J connectivity index is 1.19. The maximum absolute atomic E-state index is 15.0. The number of aryl methyl sites for hydroxylation is 2. The predicted octanol–water partition coefficient (Wildman–Crippen LogP) is 7.17. The van der Waals surface area contributed by atoms with Crippen molar-refractivity contribution in [2.24, 2.45) is 4.99 Å². The van der Waals surface area contributed by atoms with E-state index in [1.807, 2.05) is 32.0 Å². The molecule has 1 fully saturated rings. The van der Waals surface area contributed by atoms with Crippen molar-refractivity contribution in [3.63, 3.8) is 0 Å². The van der Waals surface area contributed by atoms with E-state index in [1.165, 1.54) is 47.0 Å². The minimum absolute atomic E-state index is 0.246. The van der Waals surface area contributed by atoms with Crippen molar-refractivity contribution in [1.29, 1.82) is 0 Å². The summed E-state index contributed by atoms with van der Waals surface area (Å²) in [5, 5.41) is 7.52. The van der Waals surface area contributed by atoms with Crippen LogP contribution in [0.25, 0.3) is 17.1 Å². The lowest BCUT2D eigenvalue weighted by Crippen LogP contribution is -2.37. The molecule has 0 saturated carbocycles. The van der Waals surface area contributed by atoms with Gasteiger partial charge in [-0.25, -0.2) is 18.9 Å². The van der Waals surface area contributed by atoms with Crippen LogP contribution in [0, 0.1) is 13.8 Å². The van der Waals surface area contributed by atoms with Gasteiger partial charge in [-0.05, 0) is 61.2 Å². The number of amidine groups is 1. The van der Waals surface area contributed by atoms with Crippen LogP contribution in [0.2, 0.25) is 0 Å². The van der Waals surface area contributed by atoms with Crippen LogP contribution in [0.3, 0.4) is 0 Å². The third-order valence-electron chi connectivity index (χ3n) is 6.68. The van der Waals surface area contributed by atoms with Crippen molar-refractivity contribution in [3.8, 4) is 22.8 Å². The second-order valence-corrected chi connectivity index (χ2v) is 10.9. The minimum atomic E-state index is -4.77. The summed E-state index contributed by atoms with van der Waals surface area (Å²) >= 11 is 1.51. The highest BCUT2D eigenvalue weighted by molar-refractivity contribution is 8.14. The summed E-state index contributed by atoms with van der Waals surface area (Å²) in [5.74, 6) is 0.853. The second-order valence-electron chi connectivity index (χ2n) is 9.82. The van der Waals surface area contributed by atoms with Crippen LogP contribution in [-0.2, 0) is 0 Å². The fourth-order valence-electron chi connectivity index (χ4n) is 4.67. The SMILES string of the molecule is Cc1cccc(C)c1N1CCCS/C1=N\C(=O)NCC(F)c1ccc(-c2ncn(-c3ccc(OC(F)(F)F)cc3)n2)cc1. The molecule has 2 amide bonds. The number of halogens is 4. The monoisotopic (exact) mass is 612 g/mol. The summed E-state index contributed by atoms with van der Waals surface area (Å²) in [6, 6.07) is 17.1. The van der Waals surface area contributed by atoms with Crippen molar-refractivity contribution in [1.82, 2.24) is 20.1 Å². The molecule has 43 heavy (non-hydrogen) atoms. The molecule has 1 N–H and O–H groups in total. The number of rotatable bonds is 7. The number of hydrogen-bond donors (Lipinski definition) is 1. The summed E-state index contributed by atoms with van der Waals surface area (Å²) in [5.41, 5.74) is 4.69. The van der Waals surface area contributed by atoms with Crippen molar-refractivity contribution >= 4 is 28.6 Å². The topological polar surface area (TPSA) is 84.6 Å². The van der Waals surface area contributed by atoms with E-state index in [-0.39, 0.29) is 12.3 Å². The Kier molecular flexibility index (Phi) is 9.00. The second kappa shape index (κ2) is 12.9. The molecule has 0 aliphatic carbocycles. The predicted molar refractivity (Wildman–Crippen MR) is 158 cm³/mol. The zero-order valence-electron chi connectivity index (χ0n) is 23.3. The Labute approximate surface area is 249 Å². The lowest BCUT2D eigenvalue weighted by Gasteiger charge is -2.31. The van der Waals surface area contributed by atoms with Crippen LogP contribution in [0.15, 0.2) is 78.0 Å². The molecule has 1 aliphatic heterocycles. The fraction of sp³-hybridized carbons (Fsp3) is 0.267.